The summed E-state index contributed by atoms with van der Waals surface area (Å²) in [4.78, 5) is 23.3. The smallest absolute Gasteiger partial charge is 0.220 e. The Morgan fingerprint density at radius 3 is 2.74 bits per heavy atom. The maximum atomic E-state index is 12.1. The molecule has 1 saturated heterocycles. The lowest BCUT2D eigenvalue weighted by molar-refractivity contribution is -0.121. The third kappa shape index (κ3) is 6.63. The average molecular weight is 385 g/mol. The third-order valence-corrected chi connectivity index (χ3v) is 5.52. The van der Waals surface area contributed by atoms with Crippen molar-refractivity contribution in [3.8, 4) is 0 Å². The Balaban J connectivity index is 1.39. The first-order valence-electron chi connectivity index (χ1n) is 9.61. The summed E-state index contributed by atoms with van der Waals surface area (Å²) in [6.07, 6.45) is 9.54. The predicted octanol–water partition coefficient (Wildman–Crippen LogP) is 3.16. The molecule has 1 N–H and O–H groups in total. The van der Waals surface area contributed by atoms with Crippen LogP contribution in [0.5, 0.6) is 0 Å². The molecule has 0 aliphatic carbocycles. The molecule has 144 valence electrons. The van der Waals surface area contributed by atoms with E-state index < -0.39 is 0 Å². The second-order valence-electron chi connectivity index (χ2n) is 7.11. The molecular formula is C21H28N4OS. The summed E-state index contributed by atoms with van der Waals surface area (Å²) in [6, 6.07) is 10.2. The molecule has 0 unspecified atom stereocenters. The van der Waals surface area contributed by atoms with E-state index in [0.29, 0.717) is 12.3 Å². The van der Waals surface area contributed by atoms with E-state index in [0.717, 1.165) is 43.3 Å². The Bertz CT molecular complexity index is 708. The number of rotatable bonds is 8. The molecule has 27 heavy (non-hydrogen) atoms. The van der Waals surface area contributed by atoms with Crippen molar-refractivity contribution < 1.29 is 4.79 Å². The molecular weight excluding hydrogens is 356 g/mol. The SMILES string of the molecule is CSc1ncc(CN2CCC[C@@H](CNC(=O)CCc3ccccc3)C2)cn1. The predicted molar refractivity (Wildman–Crippen MR) is 110 cm³/mol. The Morgan fingerprint density at radius 2 is 2.00 bits per heavy atom. The fourth-order valence-corrected chi connectivity index (χ4v) is 3.82. The Morgan fingerprint density at radius 1 is 1.22 bits per heavy atom. The van der Waals surface area contributed by atoms with Gasteiger partial charge in [-0.15, -0.1) is 0 Å². The number of likely N-dealkylation sites (tertiary alicyclic amines) is 1. The van der Waals surface area contributed by atoms with E-state index in [4.69, 9.17) is 0 Å². The number of hydrogen-bond acceptors (Lipinski definition) is 5. The molecule has 2 aromatic rings. The molecule has 0 saturated carbocycles. The van der Waals surface area contributed by atoms with Crippen molar-refractivity contribution in [2.75, 3.05) is 25.9 Å². The standard InChI is InChI=1S/C21H28N4OS/c1-27-21-23-13-19(14-24-21)16-25-11-5-8-18(15-25)12-22-20(26)10-9-17-6-3-2-4-7-17/h2-4,6-7,13-14,18H,5,8-12,15-16H2,1H3,(H,22,26)/t18-/m0/s1. The summed E-state index contributed by atoms with van der Waals surface area (Å²) in [5.41, 5.74) is 2.37. The van der Waals surface area contributed by atoms with E-state index in [-0.39, 0.29) is 5.91 Å². The lowest BCUT2D eigenvalue weighted by Gasteiger charge is -2.32. The topological polar surface area (TPSA) is 58.1 Å². The highest BCUT2D eigenvalue weighted by atomic mass is 32.2. The van der Waals surface area contributed by atoms with Crippen molar-refractivity contribution in [2.24, 2.45) is 5.92 Å². The van der Waals surface area contributed by atoms with Gasteiger partial charge < -0.3 is 5.32 Å². The van der Waals surface area contributed by atoms with Gasteiger partial charge in [0.15, 0.2) is 5.16 Å². The molecule has 0 radical (unpaired) electrons. The summed E-state index contributed by atoms with van der Waals surface area (Å²) in [5.74, 6) is 0.669. The maximum absolute atomic E-state index is 12.1. The molecule has 0 spiro atoms. The number of aryl methyl sites for hydroxylation is 1. The number of carbonyl (C=O) groups is 1. The summed E-state index contributed by atoms with van der Waals surface area (Å²) in [6.45, 7) is 3.77. The van der Waals surface area contributed by atoms with Crippen LogP contribution in [-0.4, -0.2) is 46.7 Å². The summed E-state index contributed by atoms with van der Waals surface area (Å²) in [7, 11) is 0. The lowest BCUT2D eigenvalue weighted by Crippen LogP contribution is -2.40. The maximum Gasteiger partial charge on any atom is 0.220 e. The number of aromatic nitrogens is 2. The first-order valence-corrected chi connectivity index (χ1v) is 10.8. The molecule has 1 amide bonds. The molecule has 1 atom stereocenters. The highest BCUT2D eigenvalue weighted by Gasteiger charge is 2.20. The summed E-state index contributed by atoms with van der Waals surface area (Å²) < 4.78 is 0. The molecule has 2 heterocycles. The number of thioether (sulfide) groups is 1. The fraction of sp³-hybridized carbons (Fsp3) is 0.476. The monoisotopic (exact) mass is 384 g/mol. The van der Waals surface area contributed by atoms with E-state index >= 15 is 0 Å². The molecule has 3 rings (SSSR count). The van der Waals surface area contributed by atoms with Crippen LogP contribution in [0.25, 0.3) is 0 Å². The van der Waals surface area contributed by atoms with Crippen LogP contribution in [0.3, 0.4) is 0 Å². The van der Waals surface area contributed by atoms with Gasteiger partial charge in [0.05, 0.1) is 0 Å². The zero-order valence-corrected chi connectivity index (χ0v) is 16.8. The first-order chi connectivity index (χ1) is 13.2. The van der Waals surface area contributed by atoms with E-state index in [2.05, 4.69) is 32.3 Å². The van der Waals surface area contributed by atoms with Crippen LogP contribution in [0, 0.1) is 5.92 Å². The van der Waals surface area contributed by atoms with Gasteiger partial charge in [0.25, 0.3) is 0 Å². The van der Waals surface area contributed by atoms with Gasteiger partial charge in [-0.25, -0.2) is 9.97 Å². The van der Waals surface area contributed by atoms with Gasteiger partial charge in [-0.3, -0.25) is 9.69 Å². The summed E-state index contributed by atoms with van der Waals surface area (Å²) in [5, 5.41) is 3.94. The van der Waals surface area contributed by atoms with Crippen LogP contribution in [0.4, 0.5) is 0 Å². The first kappa shape index (κ1) is 19.8. The van der Waals surface area contributed by atoms with Gasteiger partial charge in [-0.2, -0.15) is 0 Å². The minimum Gasteiger partial charge on any atom is -0.356 e. The minimum absolute atomic E-state index is 0.150. The van der Waals surface area contributed by atoms with Crippen molar-refractivity contribution in [2.45, 2.75) is 37.4 Å². The van der Waals surface area contributed by atoms with Gasteiger partial charge in [-0.05, 0) is 43.5 Å². The van der Waals surface area contributed by atoms with E-state index in [1.54, 1.807) is 11.8 Å². The number of hydrogen-bond donors (Lipinski definition) is 1. The van der Waals surface area contributed by atoms with Crippen molar-refractivity contribution in [1.29, 1.82) is 0 Å². The number of benzene rings is 1. The van der Waals surface area contributed by atoms with Gasteiger partial charge >= 0.3 is 0 Å². The Labute approximate surface area is 166 Å². The number of nitrogens with zero attached hydrogens (tertiary/aromatic N) is 3. The molecule has 1 aromatic heterocycles. The van der Waals surface area contributed by atoms with Crippen molar-refractivity contribution in [1.82, 2.24) is 20.2 Å². The van der Waals surface area contributed by atoms with E-state index in [1.165, 1.54) is 18.4 Å². The van der Waals surface area contributed by atoms with Crippen LogP contribution in [0.1, 0.15) is 30.4 Å². The fourth-order valence-electron chi connectivity index (χ4n) is 3.50. The minimum atomic E-state index is 0.150. The van der Waals surface area contributed by atoms with Crippen LogP contribution in [0.2, 0.25) is 0 Å². The molecule has 1 aliphatic heterocycles. The second kappa shape index (κ2) is 10.4. The van der Waals surface area contributed by atoms with E-state index in [1.807, 2.05) is 36.8 Å². The molecule has 5 nitrogen and oxygen atoms in total. The average Bonchev–Trinajstić information content (AvgIpc) is 2.72. The number of carbonyl (C=O) groups excluding carboxylic acids is 1. The molecule has 1 aromatic carbocycles. The number of piperidine rings is 1. The van der Waals surface area contributed by atoms with E-state index in [9.17, 15) is 4.79 Å². The van der Waals surface area contributed by atoms with Gasteiger partial charge in [0.1, 0.15) is 0 Å². The lowest BCUT2D eigenvalue weighted by atomic mass is 9.97. The largest absolute Gasteiger partial charge is 0.356 e. The summed E-state index contributed by atoms with van der Waals surface area (Å²) >= 11 is 1.56. The second-order valence-corrected chi connectivity index (χ2v) is 7.88. The van der Waals surface area contributed by atoms with Crippen molar-refractivity contribution >= 4 is 17.7 Å². The zero-order chi connectivity index (χ0) is 18.9. The Kier molecular flexibility index (Phi) is 7.66. The quantitative estimate of drug-likeness (QED) is 0.560. The van der Waals surface area contributed by atoms with Gasteiger partial charge in [0, 0.05) is 44.0 Å². The highest BCUT2D eigenvalue weighted by molar-refractivity contribution is 7.98. The van der Waals surface area contributed by atoms with Crippen LogP contribution in [0.15, 0.2) is 47.9 Å². The van der Waals surface area contributed by atoms with Crippen LogP contribution in [-0.2, 0) is 17.8 Å². The van der Waals surface area contributed by atoms with Crippen LogP contribution < -0.4 is 5.32 Å². The molecule has 6 heteroatoms. The molecule has 0 bridgehead atoms. The normalized spacial score (nSPS) is 17.6. The number of amides is 1. The third-order valence-electron chi connectivity index (χ3n) is 4.94. The van der Waals surface area contributed by atoms with Crippen LogP contribution >= 0.6 is 11.8 Å². The molecule has 1 aliphatic rings. The number of nitrogens with one attached hydrogen (secondary N) is 1. The Hall–Kier alpha value is -1.92. The highest BCUT2D eigenvalue weighted by Crippen LogP contribution is 2.18. The van der Waals surface area contributed by atoms with Crippen molar-refractivity contribution in [3.63, 3.8) is 0 Å². The zero-order valence-electron chi connectivity index (χ0n) is 15.9. The molecule has 1 fully saturated rings. The van der Waals surface area contributed by atoms with Crippen molar-refractivity contribution in [3.05, 3.63) is 53.9 Å². The van der Waals surface area contributed by atoms with Gasteiger partial charge in [-0.1, -0.05) is 42.1 Å². The van der Waals surface area contributed by atoms with Gasteiger partial charge in [0.2, 0.25) is 5.91 Å².